The summed E-state index contributed by atoms with van der Waals surface area (Å²) in [5, 5.41) is 5.14. The van der Waals surface area contributed by atoms with E-state index in [0.717, 1.165) is 4.90 Å². The van der Waals surface area contributed by atoms with Crippen LogP contribution in [0.5, 0.6) is 0 Å². The lowest BCUT2D eigenvalue weighted by Gasteiger charge is -1.96. The molecule has 0 spiro atoms. The molecule has 0 aliphatic rings. The van der Waals surface area contributed by atoms with Crippen molar-refractivity contribution < 1.29 is 0 Å². The van der Waals surface area contributed by atoms with Crippen LogP contribution in [0.15, 0.2) is 95.9 Å². The maximum Gasteiger partial charge on any atom is 0.00463 e. The van der Waals surface area contributed by atoms with E-state index in [9.17, 15) is 0 Å². The van der Waals surface area contributed by atoms with Gasteiger partial charge in [-0.25, -0.2) is 0 Å². The van der Waals surface area contributed by atoms with Gasteiger partial charge in [0.15, 0.2) is 0 Å². The predicted octanol–water partition coefficient (Wildman–Crippen LogP) is 5.97. The second-order valence-corrected chi connectivity index (χ2v) is 5.40. The first-order valence-corrected chi connectivity index (χ1v) is 7.39. The van der Waals surface area contributed by atoms with Gasteiger partial charge in [0.05, 0.1) is 0 Å². The van der Waals surface area contributed by atoms with Crippen molar-refractivity contribution in [1.29, 1.82) is 0 Å². The molecule has 0 radical (unpaired) electrons. The molecule has 0 atom stereocenters. The molecular weight excluding hydrogens is 272 g/mol. The quantitative estimate of drug-likeness (QED) is 0.379. The lowest BCUT2D eigenvalue weighted by atomic mass is 10.1. The van der Waals surface area contributed by atoms with Gasteiger partial charge >= 0.3 is 0 Å². The van der Waals surface area contributed by atoms with Crippen molar-refractivity contribution in [2.24, 2.45) is 0 Å². The lowest BCUT2D eigenvalue weighted by Crippen LogP contribution is -1.70. The smallest absolute Gasteiger partial charge is 0.00463 e. The van der Waals surface area contributed by atoms with Crippen LogP contribution in [-0.4, -0.2) is 0 Å². The van der Waals surface area contributed by atoms with Gasteiger partial charge in [-0.05, 0) is 33.7 Å². The minimum atomic E-state index is 1.02. The van der Waals surface area contributed by atoms with Crippen molar-refractivity contribution >= 4 is 34.2 Å². The molecule has 0 amide bonds. The van der Waals surface area contributed by atoms with Gasteiger partial charge in [-0.1, -0.05) is 78.9 Å². The molecule has 0 N–H and O–H groups in total. The Bertz CT molecular complexity index is 800. The number of rotatable bonds is 0. The summed E-state index contributed by atoms with van der Waals surface area (Å²) in [5.41, 5.74) is 0. The third kappa shape index (κ3) is 3.45. The highest BCUT2D eigenvalue weighted by Crippen LogP contribution is 2.17. The van der Waals surface area contributed by atoms with Crippen LogP contribution in [-0.2, 0) is 0 Å². The van der Waals surface area contributed by atoms with Crippen molar-refractivity contribution in [2.45, 2.75) is 4.90 Å². The highest BCUT2D eigenvalue weighted by atomic mass is 32.1. The zero-order valence-electron chi connectivity index (χ0n) is 11.6. The molecule has 0 saturated carbocycles. The summed E-state index contributed by atoms with van der Waals surface area (Å²) in [4.78, 5) is 1.02. The highest BCUT2D eigenvalue weighted by Gasteiger charge is 1.90. The molecule has 4 aromatic rings. The Kier molecular flexibility index (Phi) is 4.23. The Labute approximate surface area is 130 Å². The van der Waals surface area contributed by atoms with Crippen LogP contribution in [0, 0.1) is 0 Å². The van der Waals surface area contributed by atoms with E-state index in [-0.39, 0.29) is 0 Å². The van der Waals surface area contributed by atoms with Crippen LogP contribution in [0.4, 0.5) is 0 Å². The van der Waals surface area contributed by atoms with Gasteiger partial charge in [-0.2, -0.15) is 0 Å². The molecule has 0 nitrogen and oxygen atoms in total. The maximum absolute atomic E-state index is 4.26. The number of hydrogen-bond donors (Lipinski definition) is 1. The topological polar surface area (TPSA) is 0 Å². The second kappa shape index (κ2) is 6.47. The number of benzene rings is 4. The summed E-state index contributed by atoms with van der Waals surface area (Å²) in [5.74, 6) is 0. The standard InChI is InChI=1S/C10H8S.C10H8/c11-10-6-5-8-3-1-2-4-9(8)7-10;1-2-6-10-8-4-3-7-9(10)5-1/h1-7,11H;1-8H. The Hall–Kier alpha value is -2.25. The summed E-state index contributed by atoms with van der Waals surface area (Å²) in [6.45, 7) is 0. The summed E-state index contributed by atoms with van der Waals surface area (Å²) < 4.78 is 0. The molecule has 4 rings (SSSR count). The fourth-order valence-electron chi connectivity index (χ4n) is 2.31. The van der Waals surface area contributed by atoms with Crippen molar-refractivity contribution in [3.63, 3.8) is 0 Å². The summed E-state index contributed by atoms with van der Waals surface area (Å²) in [7, 11) is 0. The summed E-state index contributed by atoms with van der Waals surface area (Å²) in [6, 6.07) is 31.1. The van der Waals surface area contributed by atoms with Crippen LogP contribution >= 0.6 is 12.6 Å². The minimum absolute atomic E-state index is 1.02. The van der Waals surface area contributed by atoms with Crippen molar-refractivity contribution in [3.8, 4) is 0 Å². The van der Waals surface area contributed by atoms with Gasteiger partial charge in [-0.3, -0.25) is 0 Å². The second-order valence-electron chi connectivity index (χ2n) is 4.88. The Morgan fingerprint density at radius 3 is 1.29 bits per heavy atom. The third-order valence-electron chi connectivity index (χ3n) is 3.39. The van der Waals surface area contributed by atoms with Crippen LogP contribution in [0.2, 0.25) is 0 Å². The van der Waals surface area contributed by atoms with E-state index in [2.05, 4.69) is 85.4 Å². The van der Waals surface area contributed by atoms with E-state index < -0.39 is 0 Å². The van der Waals surface area contributed by atoms with Gasteiger partial charge in [0, 0.05) is 4.90 Å². The molecule has 4 aromatic carbocycles. The molecule has 0 aromatic heterocycles. The summed E-state index contributed by atoms with van der Waals surface area (Å²) >= 11 is 4.26. The van der Waals surface area contributed by atoms with Crippen LogP contribution in [0.1, 0.15) is 0 Å². The zero-order chi connectivity index (χ0) is 14.5. The Balaban J connectivity index is 0.000000126. The number of fused-ring (bicyclic) bond motifs is 2. The van der Waals surface area contributed by atoms with Crippen molar-refractivity contribution in [3.05, 3.63) is 91.0 Å². The molecule has 102 valence electrons. The minimum Gasteiger partial charge on any atom is -0.143 e. The monoisotopic (exact) mass is 288 g/mol. The lowest BCUT2D eigenvalue weighted by molar-refractivity contribution is 1.53. The third-order valence-corrected chi connectivity index (χ3v) is 3.67. The van der Waals surface area contributed by atoms with E-state index >= 15 is 0 Å². The van der Waals surface area contributed by atoms with Gasteiger partial charge in [0.1, 0.15) is 0 Å². The molecule has 0 heterocycles. The first-order valence-electron chi connectivity index (χ1n) is 6.94. The van der Waals surface area contributed by atoms with Crippen LogP contribution in [0.3, 0.4) is 0 Å². The molecule has 1 heteroatoms. The molecule has 0 fully saturated rings. The van der Waals surface area contributed by atoms with E-state index in [1.807, 2.05) is 18.2 Å². The largest absolute Gasteiger partial charge is 0.143 e. The first kappa shape index (κ1) is 13.7. The predicted molar refractivity (Wildman–Crippen MR) is 95.1 cm³/mol. The van der Waals surface area contributed by atoms with E-state index in [1.54, 1.807) is 0 Å². The fraction of sp³-hybridized carbons (Fsp3) is 0. The maximum atomic E-state index is 4.26. The molecule has 0 bridgehead atoms. The van der Waals surface area contributed by atoms with E-state index in [4.69, 9.17) is 0 Å². The molecule has 0 aliphatic carbocycles. The summed E-state index contributed by atoms with van der Waals surface area (Å²) in [6.07, 6.45) is 0. The molecule has 21 heavy (non-hydrogen) atoms. The molecular formula is C20H16S. The molecule has 0 saturated heterocycles. The van der Waals surface area contributed by atoms with E-state index in [0.29, 0.717) is 0 Å². The van der Waals surface area contributed by atoms with Crippen molar-refractivity contribution in [1.82, 2.24) is 0 Å². The Morgan fingerprint density at radius 1 is 0.429 bits per heavy atom. The van der Waals surface area contributed by atoms with Crippen LogP contribution in [0.25, 0.3) is 21.5 Å². The fourth-order valence-corrected chi connectivity index (χ4v) is 2.52. The number of thiol groups is 1. The average molecular weight is 288 g/mol. The van der Waals surface area contributed by atoms with Gasteiger partial charge in [0.2, 0.25) is 0 Å². The average Bonchev–Trinajstić information content (AvgIpc) is 2.55. The normalized spacial score (nSPS) is 10.1. The van der Waals surface area contributed by atoms with Crippen molar-refractivity contribution in [2.75, 3.05) is 0 Å². The van der Waals surface area contributed by atoms with E-state index in [1.165, 1.54) is 21.5 Å². The number of hydrogen-bond acceptors (Lipinski definition) is 1. The highest BCUT2D eigenvalue weighted by molar-refractivity contribution is 7.80. The first-order chi connectivity index (χ1) is 10.3. The SMILES string of the molecule is Sc1ccc2ccccc2c1.c1ccc2ccccc2c1. The Morgan fingerprint density at radius 2 is 0.810 bits per heavy atom. The zero-order valence-corrected chi connectivity index (χ0v) is 12.5. The molecule has 0 aliphatic heterocycles. The molecule has 0 unspecified atom stereocenters. The van der Waals surface area contributed by atoms with Gasteiger partial charge < -0.3 is 0 Å². The van der Waals surface area contributed by atoms with Crippen LogP contribution < -0.4 is 0 Å². The van der Waals surface area contributed by atoms with Gasteiger partial charge in [0.25, 0.3) is 0 Å². The van der Waals surface area contributed by atoms with Gasteiger partial charge in [-0.15, -0.1) is 12.6 Å².